The molecule has 4 aromatic rings. The Morgan fingerprint density at radius 1 is 0.923 bits per heavy atom. The molecule has 0 aliphatic rings. The first-order valence-corrected chi connectivity index (χ1v) is 16.7. The zero-order valence-corrected chi connectivity index (χ0v) is 25.1. The van der Waals surface area contributed by atoms with Gasteiger partial charge in [-0.25, -0.2) is 0 Å². The lowest BCUT2D eigenvalue weighted by molar-refractivity contribution is 0.0993. The number of benzene rings is 3. The SMILES string of the molecule is CC(NCc1ccc2ccccc2c1)C(CO[Si](C)(C)C(C)(C)C)Cc1ccc(C(=O)Nc2ccccc2)o1. The molecule has 39 heavy (non-hydrogen) atoms. The molecule has 1 amide bonds. The van der Waals surface area contributed by atoms with Crippen LogP contribution in [-0.4, -0.2) is 26.9 Å². The van der Waals surface area contributed by atoms with Crippen molar-refractivity contribution >= 4 is 30.7 Å². The fraction of sp³-hybridized carbons (Fsp3) is 0.364. The molecule has 1 aromatic heterocycles. The molecule has 0 aliphatic carbocycles. The van der Waals surface area contributed by atoms with Gasteiger partial charge in [-0.05, 0) is 71.7 Å². The highest BCUT2D eigenvalue weighted by Crippen LogP contribution is 2.37. The summed E-state index contributed by atoms with van der Waals surface area (Å²) in [7, 11) is -1.93. The van der Waals surface area contributed by atoms with E-state index in [0.717, 1.165) is 18.0 Å². The van der Waals surface area contributed by atoms with Crippen molar-refractivity contribution in [1.82, 2.24) is 5.32 Å². The second-order valence-corrected chi connectivity index (χ2v) is 16.8. The summed E-state index contributed by atoms with van der Waals surface area (Å²) >= 11 is 0. The molecule has 2 N–H and O–H groups in total. The average molecular weight is 543 g/mol. The topological polar surface area (TPSA) is 63.5 Å². The Hall–Kier alpha value is -3.19. The Morgan fingerprint density at radius 3 is 2.33 bits per heavy atom. The minimum Gasteiger partial charge on any atom is -0.456 e. The summed E-state index contributed by atoms with van der Waals surface area (Å²) in [5, 5.41) is 9.26. The van der Waals surface area contributed by atoms with Gasteiger partial charge in [-0.2, -0.15) is 0 Å². The Labute approximate surface area is 234 Å². The van der Waals surface area contributed by atoms with Gasteiger partial charge in [0.15, 0.2) is 14.1 Å². The number of hydrogen-bond acceptors (Lipinski definition) is 4. The van der Waals surface area contributed by atoms with Crippen molar-refractivity contribution in [3.8, 4) is 0 Å². The van der Waals surface area contributed by atoms with Gasteiger partial charge in [0, 0.05) is 37.2 Å². The molecule has 2 atom stereocenters. The maximum absolute atomic E-state index is 12.7. The third-order valence-electron chi connectivity index (χ3n) is 7.99. The number of carbonyl (C=O) groups is 1. The number of nitrogens with one attached hydrogen (secondary N) is 2. The molecule has 5 nitrogen and oxygen atoms in total. The van der Waals surface area contributed by atoms with E-state index in [1.165, 1.54) is 16.3 Å². The van der Waals surface area contributed by atoms with Gasteiger partial charge < -0.3 is 19.5 Å². The normalized spacial score (nSPS) is 13.8. The summed E-state index contributed by atoms with van der Waals surface area (Å²) in [5.41, 5.74) is 2.00. The van der Waals surface area contributed by atoms with Crippen LogP contribution in [0.5, 0.6) is 0 Å². The van der Waals surface area contributed by atoms with Crippen LogP contribution >= 0.6 is 0 Å². The lowest BCUT2D eigenvalue weighted by Gasteiger charge is -2.38. The number of furan rings is 1. The first-order valence-electron chi connectivity index (χ1n) is 13.8. The van der Waals surface area contributed by atoms with Crippen molar-refractivity contribution in [2.45, 2.75) is 64.8 Å². The van der Waals surface area contributed by atoms with E-state index in [4.69, 9.17) is 8.84 Å². The van der Waals surface area contributed by atoms with E-state index in [2.05, 4.69) is 93.9 Å². The highest BCUT2D eigenvalue weighted by Gasteiger charge is 2.38. The van der Waals surface area contributed by atoms with Crippen molar-refractivity contribution in [1.29, 1.82) is 0 Å². The number of fused-ring (bicyclic) bond motifs is 1. The molecule has 0 spiro atoms. The summed E-state index contributed by atoms with van der Waals surface area (Å²) in [5.74, 6) is 1.03. The van der Waals surface area contributed by atoms with Gasteiger partial charge in [0.2, 0.25) is 0 Å². The van der Waals surface area contributed by atoms with Crippen LogP contribution in [0.1, 0.15) is 49.6 Å². The molecular weight excluding hydrogens is 500 g/mol. The Balaban J connectivity index is 1.45. The van der Waals surface area contributed by atoms with Gasteiger partial charge in [0.1, 0.15) is 5.76 Å². The molecule has 0 radical (unpaired) electrons. The molecule has 2 unspecified atom stereocenters. The molecule has 0 saturated heterocycles. The Bertz CT molecular complexity index is 1370. The molecule has 3 aromatic carbocycles. The van der Waals surface area contributed by atoms with Crippen LogP contribution in [0.15, 0.2) is 89.3 Å². The largest absolute Gasteiger partial charge is 0.456 e. The van der Waals surface area contributed by atoms with Crippen molar-refractivity contribution < 1.29 is 13.6 Å². The predicted octanol–water partition coefficient (Wildman–Crippen LogP) is 8.04. The fourth-order valence-corrected chi connectivity index (χ4v) is 5.35. The van der Waals surface area contributed by atoms with E-state index in [1.54, 1.807) is 6.07 Å². The third kappa shape index (κ3) is 7.69. The van der Waals surface area contributed by atoms with E-state index in [1.807, 2.05) is 36.4 Å². The molecule has 0 bridgehead atoms. The monoisotopic (exact) mass is 542 g/mol. The van der Waals surface area contributed by atoms with E-state index in [-0.39, 0.29) is 22.9 Å². The Morgan fingerprint density at radius 2 is 1.62 bits per heavy atom. The number of carbonyl (C=O) groups excluding carboxylic acids is 1. The van der Waals surface area contributed by atoms with Crippen LogP contribution in [0.2, 0.25) is 18.1 Å². The van der Waals surface area contributed by atoms with Crippen LogP contribution in [0, 0.1) is 5.92 Å². The predicted molar refractivity (Wildman–Crippen MR) is 164 cm³/mol. The summed E-state index contributed by atoms with van der Waals surface area (Å²) in [6.07, 6.45) is 0.680. The summed E-state index contributed by atoms with van der Waals surface area (Å²) in [6.45, 7) is 15.0. The van der Waals surface area contributed by atoms with Crippen LogP contribution in [0.4, 0.5) is 5.69 Å². The molecule has 0 aliphatic heterocycles. The lowest BCUT2D eigenvalue weighted by atomic mass is 9.96. The zero-order chi connectivity index (χ0) is 28.0. The van der Waals surface area contributed by atoms with Gasteiger partial charge in [-0.3, -0.25) is 4.79 Å². The number of amides is 1. The van der Waals surface area contributed by atoms with Gasteiger partial charge in [0.05, 0.1) is 0 Å². The third-order valence-corrected chi connectivity index (χ3v) is 12.5. The molecule has 0 saturated carbocycles. The number of hydrogen-bond donors (Lipinski definition) is 2. The molecule has 0 fully saturated rings. The van der Waals surface area contributed by atoms with Crippen molar-refractivity contribution in [3.63, 3.8) is 0 Å². The van der Waals surface area contributed by atoms with Gasteiger partial charge in [-0.15, -0.1) is 0 Å². The van der Waals surface area contributed by atoms with E-state index in [0.29, 0.717) is 18.8 Å². The molecule has 4 rings (SSSR count). The quantitative estimate of drug-likeness (QED) is 0.188. The van der Waals surface area contributed by atoms with E-state index >= 15 is 0 Å². The van der Waals surface area contributed by atoms with Crippen molar-refractivity contribution in [2.24, 2.45) is 5.92 Å². The number of para-hydroxylation sites is 1. The van der Waals surface area contributed by atoms with E-state index < -0.39 is 8.32 Å². The lowest BCUT2D eigenvalue weighted by Crippen LogP contribution is -2.45. The minimum absolute atomic E-state index is 0.132. The van der Waals surface area contributed by atoms with Crippen LogP contribution in [0.25, 0.3) is 10.8 Å². The second-order valence-electron chi connectivity index (χ2n) is 12.0. The molecule has 206 valence electrons. The number of anilines is 1. The van der Waals surface area contributed by atoms with Crippen molar-refractivity contribution in [2.75, 3.05) is 11.9 Å². The van der Waals surface area contributed by atoms with Gasteiger partial charge in [-0.1, -0.05) is 75.4 Å². The maximum atomic E-state index is 12.7. The zero-order valence-electron chi connectivity index (χ0n) is 24.1. The fourth-order valence-electron chi connectivity index (χ4n) is 4.29. The number of rotatable bonds is 11. The van der Waals surface area contributed by atoms with Crippen LogP contribution < -0.4 is 10.6 Å². The minimum atomic E-state index is -1.93. The van der Waals surface area contributed by atoms with Crippen LogP contribution in [0.3, 0.4) is 0 Å². The summed E-state index contributed by atoms with van der Waals surface area (Å²) in [4.78, 5) is 12.7. The first-order chi connectivity index (χ1) is 18.5. The Kier molecular flexibility index (Phi) is 9.11. The summed E-state index contributed by atoms with van der Waals surface area (Å²) in [6, 6.07) is 28.3. The molecule has 1 heterocycles. The molecule has 6 heteroatoms. The average Bonchev–Trinajstić information content (AvgIpc) is 3.38. The smallest absolute Gasteiger partial charge is 0.291 e. The highest BCUT2D eigenvalue weighted by atomic mass is 28.4. The maximum Gasteiger partial charge on any atom is 0.291 e. The van der Waals surface area contributed by atoms with Crippen molar-refractivity contribution in [3.05, 3.63) is 102 Å². The van der Waals surface area contributed by atoms with Gasteiger partial charge in [0.25, 0.3) is 5.91 Å². The van der Waals surface area contributed by atoms with E-state index in [9.17, 15) is 4.79 Å². The van der Waals surface area contributed by atoms with Gasteiger partial charge >= 0.3 is 0 Å². The second kappa shape index (κ2) is 12.3. The molecular formula is C33H42N2O3Si. The van der Waals surface area contributed by atoms with Crippen LogP contribution in [-0.2, 0) is 17.4 Å². The first kappa shape index (κ1) is 28.8. The standard InChI is InChI=1S/C33H42N2O3Si/c1-24(34-22-25-16-17-26-12-10-11-13-27(26)20-25)28(23-37-39(5,6)33(2,3)4)21-30-18-19-31(38-30)32(36)35-29-14-8-7-9-15-29/h7-20,24,28,34H,21-23H2,1-6H3,(H,35,36). The highest BCUT2D eigenvalue weighted by molar-refractivity contribution is 6.74. The summed E-state index contributed by atoms with van der Waals surface area (Å²) < 4.78 is 12.7.